The van der Waals surface area contributed by atoms with Crippen LogP contribution < -0.4 is 5.56 Å². The lowest BCUT2D eigenvalue weighted by Gasteiger charge is -2.15. The zero-order valence-corrected chi connectivity index (χ0v) is 13.2. The Kier molecular flexibility index (Phi) is 4.05. The Labute approximate surface area is 129 Å². The predicted octanol–water partition coefficient (Wildman–Crippen LogP) is 3.64. The zero-order chi connectivity index (χ0) is 16.5. The van der Waals surface area contributed by atoms with Gasteiger partial charge in [0.2, 0.25) is 0 Å². The van der Waals surface area contributed by atoms with Gasteiger partial charge in [0.1, 0.15) is 5.56 Å². The monoisotopic (exact) mass is 297 g/mol. The SMILES string of the molecule is [C-]#[N+]c1ccc(-n2[nH]c(C)c(C(=O)CC(C)(C)C)c2=O)cc1. The van der Waals surface area contributed by atoms with Gasteiger partial charge in [0.25, 0.3) is 5.56 Å². The van der Waals surface area contributed by atoms with Crippen LogP contribution in [-0.4, -0.2) is 15.6 Å². The summed E-state index contributed by atoms with van der Waals surface area (Å²) >= 11 is 0. The maximum atomic E-state index is 12.5. The molecule has 0 saturated heterocycles. The number of hydrogen-bond donors (Lipinski definition) is 1. The van der Waals surface area contributed by atoms with Crippen LogP contribution in [0.5, 0.6) is 0 Å². The lowest BCUT2D eigenvalue weighted by atomic mass is 9.88. The van der Waals surface area contributed by atoms with Gasteiger partial charge in [-0.15, -0.1) is 0 Å². The molecule has 0 fully saturated rings. The number of rotatable bonds is 3. The number of hydrogen-bond acceptors (Lipinski definition) is 2. The van der Waals surface area contributed by atoms with Crippen LogP contribution in [0.4, 0.5) is 5.69 Å². The molecule has 0 atom stereocenters. The van der Waals surface area contributed by atoms with Gasteiger partial charge in [-0.25, -0.2) is 9.53 Å². The third-order valence-corrected chi connectivity index (χ3v) is 3.28. The van der Waals surface area contributed by atoms with Crippen molar-refractivity contribution in [1.82, 2.24) is 9.78 Å². The van der Waals surface area contributed by atoms with Gasteiger partial charge >= 0.3 is 0 Å². The topological polar surface area (TPSA) is 59.2 Å². The van der Waals surface area contributed by atoms with E-state index in [0.29, 0.717) is 23.5 Å². The van der Waals surface area contributed by atoms with E-state index in [4.69, 9.17) is 6.57 Å². The minimum Gasteiger partial charge on any atom is -0.295 e. The predicted molar refractivity (Wildman–Crippen MR) is 85.8 cm³/mol. The quantitative estimate of drug-likeness (QED) is 0.694. The maximum absolute atomic E-state index is 12.5. The van der Waals surface area contributed by atoms with Gasteiger partial charge in [0.05, 0.1) is 12.3 Å². The number of aromatic nitrogens is 2. The van der Waals surface area contributed by atoms with Crippen molar-refractivity contribution < 1.29 is 4.79 Å². The smallest absolute Gasteiger partial charge is 0.282 e. The van der Waals surface area contributed by atoms with Crippen LogP contribution in [0.25, 0.3) is 10.5 Å². The molecule has 2 aromatic rings. The minimum atomic E-state index is -0.345. The molecule has 0 radical (unpaired) electrons. The summed E-state index contributed by atoms with van der Waals surface area (Å²) in [5, 5.41) is 2.94. The van der Waals surface area contributed by atoms with E-state index < -0.39 is 0 Å². The molecule has 1 N–H and O–H groups in total. The Morgan fingerprint density at radius 1 is 1.27 bits per heavy atom. The maximum Gasteiger partial charge on any atom is 0.282 e. The van der Waals surface area contributed by atoms with E-state index >= 15 is 0 Å². The Balaban J connectivity index is 2.45. The van der Waals surface area contributed by atoms with E-state index in [0.717, 1.165) is 0 Å². The summed E-state index contributed by atoms with van der Waals surface area (Å²) in [5.74, 6) is -0.150. The number of nitrogens with zero attached hydrogens (tertiary/aromatic N) is 2. The third-order valence-electron chi connectivity index (χ3n) is 3.28. The van der Waals surface area contributed by atoms with Gasteiger partial charge in [-0.2, -0.15) is 0 Å². The van der Waals surface area contributed by atoms with Crippen molar-refractivity contribution in [3.63, 3.8) is 0 Å². The number of H-pyrrole nitrogens is 1. The summed E-state index contributed by atoms with van der Waals surface area (Å²) in [7, 11) is 0. The van der Waals surface area contributed by atoms with Crippen molar-refractivity contribution in [3.05, 3.63) is 57.3 Å². The van der Waals surface area contributed by atoms with Crippen LogP contribution in [0.1, 0.15) is 43.2 Å². The molecule has 0 saturated carbocycles. The van der Waals surface area contributed by atoms with Crippen LogP contribution in [0.3, 0.4) is 0 Å². The van der Waals surface area contributed by atoms with E-state index in [1.165, 1.54) is 4.68 Å². The molecular formula is C17H19N3O2. The molecule has 0 spiro atoms. The molecule has 0 aliphatic carbocycles. The number of carbonyl (C=O) groups is 1. The number of aromatic amines is 1. The Morgan fingerprint density at radius 2 is 1.86 bits per heavy atom. The molecule has 1 aromatic heterocycles. The normalized spacial score (nSPS) is 11.2. The van der Waals surface area contributed by atoms with Crippen LogP contribution in [-0.2, 0) is 0 Å². The average Bonchev–Trinajstić information content (AvgIpc) is 2.72. The first-order valence-electron chi connectivity index (χ1n) is 7.05. The van der Waals surface area contributed by atoms with Crippen molar-refractivity contribution >= 4 is 11.5 Å². The molecular weight excluding hydrogens is 278 g/mol. The largest absolute Gasteiger partial charge is 0.295 e. The van der Waals surface area contributed by atoms with Crippen molar-refractivity contribution in [2.75, 3.05) is 0 Å². The summed E-state index contributed by atoms with van der Waals surface area (Å²) in [6.45, 7) is 14.6. The number of nitrogens with one attached hydrogen (secondary N) is 1. The highest BCUT2D eigenvalue weighted by Gasteiger charge is 2.24. The summed E-state index contributed by atoms with van der Waals surface area (Å²) in [5.41, 5.74) is 1.37. The van der Waals surface area contributed by atoms with Gasteiger partial charge in [0.15, 0.2) is 11.5 Å². The van der Waals surface area contributed by atoms with Gasteiger partial charge in [-0.3, -0.25) is 14.7 Å². The van der Waals surface area contributed by atoms with Crippen molar-refractivity contribution in [2.24, 2.45) is 5.41 Å². The summed E-state index contributed by atoms with van der Waals surface area (Å²) in [6.07, 6.45) is 0.317. The van der Waals surface area contributed by atoms with Crippen LogP contribution in [0.15, 0.2) is 29.1 Å². The van der Waals surface area contributed by atoms with Crippen LogP contribution in [0.2, 0.25) is 0 Å². The Morgan fingerprint density at radius 3 is 2.36 bits per heavy atom. The molecule has 0 bridgehead atoms. The van der Waals surface area contributed by atoms with E-state index in [-0.39, 0.29) is 22.3 Å². The van der Waals surface area contributed by atoms with Crippen LogP contribution >= 0.6 is 0 Å². The number of ketones is 1. The molecule has 2 rings (SSSR count). The first-order valence-corrected chi connectivity index (χ1v) is 7.05. The Bertz CT molecular complexity index is 796. The van der Waals surface area contributed by atoms with E-state index in [2.05, 4.69) is 9.94 Å². The number of Topliss-reactive ketones (excluding diaryl/α,β-unsaturated/α-hetero) is 1. The van der Waals surface area contributed by atoms with E-state index in [1.807, 2.05) is 20.8 Å². The highest BCUT2D eigenvalue weighted by Crippen LogP contribution is 2.22. The lowest BCUT2D eigenvalue weighted by molar-refractivity contribution is 0.0938. The Hall–Kier alpha value is -2.61. The van der Waals surface area contributed by atoms with Gasteiger partial charge in [-0.05, 0) is 24.5 Å². The molecule has 5 nitrogen and oxygen atoms in total. The second-order valence-electron chi connectivity index (χ2n) is 6.54. The first-order chi connectivity index (χ1) is 10.2. The molecule has 22 heavy (non-hydrogen) atoms. The fourth-order valence-corrected chi connectivity index (χ4v) is 2.30. The highest BCUT2D eigenvalue weighted by molar-refractivity contribution is 5.97. The van der Waals surface area contributed by atoms with Crippen molar-refractivity contribution in [1.29, 1.82) is 0 Å². The standard InChI is InChI=1S/C17H19N3O2/c1-11-15(14(21)10-17(2,3)4)16(22)20(19-11)13-8-6-12(18-5)7-9-13/h6-9,19H,10H2,1-4H3. The number of carbonyl (C=O) groups excluding carboxylic acids is 1. The summed E-state index contributed by atoms with van der Waals surface area (Å²) < 4.78 is 1.35. The lowest BCUT2D eigenvalue weighted by Crippen LogP contribution is -2.23. The zero-order valence-electron chi connectivity index (χ0n) is 13.2. The third kappa shape index (κ3) is 3.17. The minimum absolute atomic E-state index is 0.150. The molecule has 0 aliphatic heterocycles. The van der Waals surface area contributed by atoms with Crippen LogP contribution in [0, 0.1) is 18.9 Å². The summed E-state index contributed by atoms with van der Waals surface area (Å²) in [6, 6.07) is 6.65. The van der Waals surface area contributed by atoms with Gasteiger partial charge < -0.3 is 0 Å². The highest BCUT2D eigenvalue weighted by atomic mass is 16.2. The average molecular weight is 297 g/mol. The van der Waals surface area contributed by atoms with Gasteiger partial charge in [0, 0.05) is 12.1 Å². The summed E-state index contributed by atoms with van der Waals surface area (Å²) in [4.78, 5) is 28.2. The second kappa shape index (κ2) is 5.64. The molecule has 0 aliphatic rings. The molecule has 0 unspecified atom stereocenters. The molecule has 1 aromatic carbocycles. The fourth-order valence-electron chi connectivity index (χ4n) is 2.30. The van der Waals surface area contributed by atoms with Crippen molar-refractivity contribution in [2.45, 2.75) is 34.1 Å². The van der Waals surface area contributed by atoms with E-state index in [9.17, 15) is 9.59 Å². The van der Waals surface area contributed by atoms with Gasteiger partial charge in [-0.1, -0.05) is 32.9 Å². The second-order valence-corrected chi connectivity index (χ2v) is 6.54. The number of benzene rings is 1. The molecule has 114 valence electrons. The molecule has 5 heteroatoms. The molecule has 0 amide bonds. The first kappa shape index (κ1) is 15.8. The fraction of sp³-hybridized carbons (Fsp3) is 0.353. The number of aryl methyl sites for hydroxylation is 1. The van der Waals surface area contributed by atoms with Crippen molar-refractivity contribution in [3.8, 4) is 5.69 Å². The van der Waals surface area contributed by atoms with E-state index in [1.54, 1.807) is 31.2 Å². The molecule has 1 heterocycles.